The third-order valence-electron chi connectivity index (χ3n) is 10.8. The van der Waals surface area contributed by atoms with Gasteiger partial charge in [0.15, 0.2) is 9.84 Å². The van der Waals surface area contributed by atoms with Gasteiger partial charge in [-0.05, 0) is 63.9 Å². The van der Waals surface area contributed by atoms with Gasteiger partial charge < -0.3 is 30.4 Å². The first kappa shape index (κ1) is 47.7. The Morgan fingerprint density at radius 1 is 0.982 bits per heavy atom. The molecule has 1 aliphatic rings. The summed E-state index contributed by atoms with van der Waals surface area (Å²) in [5, 5.41) is 9.06. The number of aromatic nitrogens is 2. The number of alkyl halides is 1. The summed E-state index contributed by atoms with van der Waals surface area (Å²) in [6.45, 7) is 11.1. The summed E-state index contributed by atoms with van der Waals surface area (Å²) in [5.41, 5.74) is 1.35. The Morgan fingerprint density at radius 3 is 2.28 bits per heavy atom. The fourth-order valence-electron chi connectivity index (χ4n) is 7.15. The van der Waals surface area contributed by atoms with Gasteiger partial charge >= 0.3 is 6.16 Å². The number of nitrogens with one attached hydrogen (secondary N) is 4. The number of aromatic amines is 1. The third-order valence-corrected chi connectivity index (χ3v) is 13.6. The van der Waals surface area contributed by atoms with Crippen LogP contribution in [0.15, 0.2) is 42.9 Å². The number of benzene rings is 1. The maximum Gasteiger partial charge on any atom is 0.508 e. The van der Waals surface area contributed by atoms with E-state index >= 15 is 0 Å². The molecule has 13 nitrogen and oxygen atoms in total. The van der Waals surface area contributed by atoms with Gasteiger partial charge in [0.2, 0.25) is 17.7 Å². The van der Waals surface area contributed by atoms with Crippen molar-refractivity contribution in [2.24, 2.45) is 23.7 Å². The van der Waals surface area contributed by atoms with Crippen LogP contribution in [0, 0.1) is 23.7 Å². The van der Waals surface area contributed by atoms with Gasteiger partial charge in [-0.2, -0.15) is 0 Å². The first-order chi connectivity index (χ1) is 27.0. The van der Waals surface area contributed by atoms with Crippen LogP contribution in [0.5, 0.6) is 0 Å². The van der Waals surface area contributed by atoms with Crippen molar-refractivity contribution in [3.8, 4) is 0 Å². The number of imidazole rings is 1. The van der Waals surface area contributed by atoms with Crippen LogP contribution >= 0.6 is 11.6 Å². The van der Waals surface area contributed by atoms with E-state index in [-0.39, 0.29) is 49.5 Å². The Bertz CT molecular complexity index is 1630. The Kier molecular flexibility index (Phi) is 19.8. The van der Waals surface area contributed by atoms with Crippen LogP contribution in [-0.4, -0.2) is 90.0 Å². The Morgan fingerprint density at radius 2 is 1.68 bits per heavy atom. The summed E-state index contributed by atoms with van der Waals surface area (Å²) >= 11 is 5.81. The number of amides is 3. The summed E-state index contributed by atoms with van der Waals surface area (Å²) in [4.78, 5) is 62.6. The van der Waals surface area contributed by atoms with Crippen molar-refractivity contribution in [1.82, 2.24) is 25.9 Å². The van der Waals surface area contributed by atoms with Crippen molar-refractivity contribution >= 4 is 45.3 Å². The van der Waals surface area contributed by atoms with Gasteiger partial charge in [0.25, 0.3) is 0 Å². The Balaban J connectivity index is 2.02. The lowest BCUT2D eigenvalue weighted by Gasteiger charge is -2.35. The number of unbranched alkanes of at least 4 members (excludes halogenated alkanes) is 1. The molecule has 0 saturated heterocycles. The number of nitrogens with zero attached hydrogens (tertiary/aromatic N) is 1. The fraction of sp³-hybridized carbons (Fsp3) is 0.690. The highest BCUT2D eigenvalue weighted by atomic mass is 35.5. The molecule has 1 fully saturated rings. The molecule has 1 saturated carbocycles. The number of carbonyl (C=O) groups is 4. The van der Waals surface area contributed by atoms with Gasteiger partial charge in [0.05, 0.1) is 34.7 Å². The van der Waals surface area contributed by atoms with E-state index in [0.717, 1.165) is 50.5 Å². The summed E-state index contributed by atoms with van der Waals surface area (Å²) in [7, 11) is -3.75. The highest BCUT2D eigenvalue weighted by molar-refractivity contribution is 7.92. The molecule has 3 amide bonds. The molecule has 3 rings (SSSR count). The molecule has 0 spiro atoms. The van der Waals surface area contributed by atoms with Gasteiger partial charge in [-0.1, -0.05) is 89.6 Å². The monoisotopic (exact) mass is 835 g/mol. The lowest BCUT2D eigenvalue weighted by molar-refractivity contribution is -0.132. The molecule has 2 aromatic rings. The summed E-state index contributed by atoms with van der Waals surface area (Å²) in [6.07, 6.45) is 8.61. The molecule has 1 aromatic carbocycles. The predicted molar refractivity (Wildman–Crippen MR) is 222 cm³/mol. The van der Waals surface area contributed by atoms with Crippen LogP contribution in [0.2, 0.25) is 0 Å². The maximum atomic E-state index is 14.6. The molecule has 1 aliphatic carbocycles. The lowest BCUT2D eigenvalue weighted by Crippen LogP contribution is -2.56. The zero-order valence-electron chi connectivity index (χ0n) is 34.7. The topological polar surface area (TPSA) is 186 Å². The fourth-order valence-corrected chi connectivity index (χ4v) is 8.53. The van der Waals surface area contributed by atoms with Crippen LogP contribution in [0.4, 0.5) is 4.79 Å². The van der Waals surface area contributed by atoms with Crippen molar-refractivity contribution in [2.75, 3.05) is 24.8 Å². The van der Waals surface area contributed by atoms with E-state index in [1.807, 2.05) is 51.1 Å². The van der Waals surface area contributed by atoms with Crippen LogP contribution in [0.3, 0.4) is 0 Å². The third kappa shape index (κ3) is 16.3. The van der Waals surface area contributed by atoms with Gasteiger partial charge in [0, 0.05) is 30.8 Å². The normalized spacial score (nSPS) is 16.5. The van der Waals surface area contributed by atoms with Crippen molar-refractivity contribution in [1.29, 1.82) is 0 Å². The van der Waals surface area contributed by atoms with Crippen molar-refractivity contribution in [2.45, 2.75) is 135 Å². The molecule has 15 heteroatoms. The van der Waals surface area contributed by atoms with E-state index in [0.29, 0.717) is 18.7 Å². The Labute approximate surface area is 344 Å². The molecule has 0 radical (unpaired) electrons. The van der Waals surface area contributed by atoms with Crippen molar-refractivity contribution in [3.63, 3.8) is 0 Å². The molecule has 0 bridgehead atoms. The zero-order valence-corrected chi connectivity index (χ0v) is 36.3. The predicted octanol–water partition coefficient (Wildman–Crippen LogP) is 6.30. The highest BCUT2D eigenvalue weighted by Crippen LogP contribution is 2.31. The van der Waals surface area contributed by atoms with E-state index in [4.69, 9.17) is 21.1 Å². The number of hydrogen-bond acceptors (Lipinski definition) is 9. The lowest BCUT2D eigenvalue weighted by atomic mass is 9.81. The number of sulfone groups is 1. The van der Waals surface area contributed by atoms with Crippen LogP contribution < -0.4 is 16.0 Å². The minimum atomic E-state index is -3.75. The molecular formula is C42H66ClN5O8S. The van der Waals surface area contributed by atoms with Gasteiger partial charge in [-0.15, -0.1) is 11.6 Å². The minimum Gasteiger partial charge on any atom is -0.433 e. The van der Waals surface area contributed by atoms with Crippen LogP contribution in [-0.2, 0) is 46.5 Å². The molecule has 57 heavy (non-hydrogen) atoms. The van der Waals surface area contributed by atoms with Crippen LogP contribution in [0.1, 0.15) is 111 Å². The number of halogens is 1. The average molecular weight is 837 g/mol. The molecule has 0 aliphatic heterocycles. The van der Waals surface area contributed by atoms with Crippen LogP contribution in [0.25, 0.3) is 0 Å². The van der Waals surface area contributed by atoms with Crippen molar-refractivity contribution in [3.05, 3.63) is 54.1 Å². The van der Waals surface area contributed by atoms with Gasteiger partial charge in [-0.25, -0.2) is 18.2 Å². The van der Waals surface area contributed by atoms with Crippen molar-refractivity contribution < 1.29 is 37.1 Å². The van der Waals surface area contributed by atoms with Gasteiger partial charge in [-0.3, -0.25) is 14.4 Å². The van der Waals surface area contributed by atoms with E-state index in [2.05, 4.69) is 25.9 Å². The second-order valence-corrected chi connectivity index (χ2v) is 19.8. The number of carbonyl (C=O) groups excluding carboxylic acids is 4. The molecule has 5 atom stereocenters. The summed E-state index contributed by atoms with van der Waals surface area (Å²) in [6, 6.07) is 7.25. The largest absolute Gasteiger partial charge is 0.508 e. The standard InChI is InChI=1S/C42H66ClN5O8S/c1-7-8-20-45-39(50)34(29(2)3)25-37(56-41(52)55-21-19-43)35(23-31-17-13-10-14-18-31)47-40(51)36(24-33-26-44-28-46-33)48-38(49)32(22-30-15-11-9-12-16-30)27-57(53,54)42(4,5)6/h9,11-12,15-16,26,28-29,31-32,34-37H,7-8,10,13-14,17-25,27H2,1-6H3,(H,44,46)(H,45,50)(H,47,51)(H,48,49)/t32-,34-,35-,36-,37-/m0/s1. The molecule has 4 N–H and O–H groups in total. The quantitative estimate of drug-likeness (QED) is 0.0566. The van der Waals surface area contributed by atoms with E-state index < -0.39 is 68.3 Å². The first-order valence-electron chi connectivity index (χ1n) is 20.6. The second kappa shape index (κ2) is 23.7. The van der Waals surface area contributed by atoms with E-state index in [1.54, 1.807) is 27.0 Å². The average Bonchev–Trinajstić information content (AvgIpc) is 3.68. The van der Waals surface area contributed by atoms with E-state index in [1.165, 1.54) is 6.33 Å². The molecule has 0 unspecified atom stereocenters. The second-order valence-electron chi connectivity index (χ2n) is 16.7. The molecular weight excluding hydrogens is 770 g/mol. The smallest absolute Gasteiger partial charge is 0.433 e. The SMILES string of the molecule is CCCCNC(=O)[C@@H](C[C@H](OC(=O)OCCCl)[C@H](CC1CCCCC1)NC(=O)[C@H](Cc1cnc[nH]1)NC(=O)[C@@H](Cc1ccccc1)CS(=O)(=O)C(C)(C)C)C(C)C. The number of H-pyrrole nitrogens is 1. The molecule has 320 valence electrons. The Hall–Kier alpha value is -3.65. The number of rotatable bonds is 23. The number of hydrogen-bond donors (Lipinski definition) is 4. The van der Waals surface area contributed by atoms with Gasteiger partial charge in [0.1, 0.15) is 18.8 Å². The number of ether oxygens (including phenoxy) is 2. The molecule has 1 aromatic heterocycles. The zero-order chi connectivity index (χ0) is 42.0. The summed E-state index contributed by atoms with van der Waals surface area (Å²) in [5.74, 6) is -3.12. The van der Waals surface area contributed by atoms with E-state index in [9.17, 15) is 27.6 Å². The summed E-state index contributed by atoms with van der Waals surface area (Å²) < 4.78 is 37.1. The maximum absolute atomic E-state index is 14.6. The highest BCUT2D eigenvalue weighted by Gasteiger charge is 2.39. The first-order valence-corrected chi connectivity index (χ1v) is 22.7. The molecule has 1 heterocycles. The minimum absolute atomic E-state index is 0.0234.